The van der Waals surface area contributed by atoms with E-state index in [1.54, 1.807) is 32.0 Å². The van der Waals surface area contributed by atoms with Crippen LogP contribution in [-0.4, -0.2) is 42.9 Å². The van der Waals surface area contributed by atoms with Gasteiger partial charge in [0.15, 0.2) is 16.9 Å². The summed E-state index contributed by atoms with van der Waals surface area (Å²) < 4.78 is 18.5. The quantitative estimate of drug-likeness (QED) is 0.479. The molecule has 29 heavy (non-hydrogen) atoms. The molecule has 6 nitrogen and oxygen atoms in total. The minimum absolute atomic E-state index is 0.0708. The molecule has 0 spiro atoms. The van der Waals surface area contributed by atoms with Crippen molar-refractivity contribution in [2.75, 3.05) is 32.3 Å². The highest BCUT2D eigenvalue weighted by atomic mass is 32.2. The van der Waals surface area contributed by atoms with Crippen molar-refractivity contribution in [3.8, 4) is 22.8 Å². The molecule has 2 aromatic rings. The van der Waals surface area contributed by atoms with E-state index in [1.807, 2.05) is 23.0 Å². The van der Waals surface area contributed by atoms with E-state index in [-0.39, 0.29) is 23.6 Å². The fourth-order valence-corrected chi connectivity index (χ4v) is 3.89. The van der Waals surface area contributed by atoms with E-state index in [0.29, 0.717) is 18.1 Å². The van der Waals surface area contributed by atoms with Crippen LogP contribution in [0.2, 0.25) is 0 Å². The lowest BCUT2D eigenvalue weighted by Crippen LogP contribution is -2.26. The van der Waals surface area contributed by atoms with Crippen LogP contribution in [0.4, 0.5) is 0 Å². The average molecular weight is 418 g/mol. The lowest BCUT2D eigenvalue weighted by atomic mass is 9.90. The number of hydrogen-bond donors (Lipinski definition) is 0. The average Bonchev–Trinajstić information content (AvgIpc) is 2.72. The standard InChI is InChI=1S/C22H27NO5S/c1-5-15-9-14-10-21(28-7-8-29-4)20(26-3)11-16(14)18-12-19(24)17(13-23(15)18)22(25)27-6-2/h10-13,15H,5-9H2,1-4H3. The normalized spacial score (nSPS) is 14.7. The fraction of sp³-hybridized carbons (Fsp3) is 0.455. The van der Waals surface area contributed by atoms with Crippen molar-refractivity contribution in [3.05, 3.63) is 45.7 Å². The van der Waals surface area contributed by atoms with Crippen molar-refractivity contribution in [1.82, 2.24) is 4.57 Å². The molecular formula is C22H27NO5S. The number of thioether (sulfide) groups is 1. The van der Waals surface area contributed by atoms with Gasteiger partial charge in [-0.3, -0.25) is 4.79 Å². The van der Waals surface area contributed by atoms with E-state index in [2.05, 4.69) is 6.92 Å². The van der Waals surface area contributed by atoms with Gasteiger partial charge in [0.2, 0.25) is 0 Å². The summed E-state index contributed by atoms with van der Waals surface area (Å²) >= 11 is 1.72. The van der Waals surface area contributed by atoms with E-state index in [9.17, 15) is 9.59 Å². The number of pyridine rings is 1. The number of hydrogen-bond acceptors (Lipinski definition) is 6. The second-order valence-corrected chi connectivity index (χ2v) is 7.82. The number of fused-ring (bicyclic) bond motifs is 3. The Labute approximate surface area is 175 Å². The Kier molecular flexibility index (Phi) is 6.90. The molecule has 0 saturated heterocycles. The van der Waals surface area contributed by atoms with Crippen LogP contribution in [-0.2, 0) is 11.2 Å². The zero-order valence-corrected chi connectivity index (χ0v) is 18.1. The molecule has 1 atom stereocenters. The summed E-state index contributed by atoms with van der Waals surface area (Å²) in [6, 6.07) is 5.61. The van der Waals surface area contributed by atoms with Crippen LogP contribution in [0.5, 0.6) is 11.5 Å². The second kappa shape index (κ2) is 9.39. The third kappa shape index (κ3) is 4.29. The maximum absolute atomic E-state index is 12.6. The molecule has 2 heterocycles. The number of carbonyl (C=O) groups excluding carboxylic acids is 1. The first-order valence-corrected chi connectivity index (χ1v) is 11.2. The van der Waals surface area contributed by atoms with Gasteiger partial charge in [0.1, 0.15) is 5.56 Å². The summed E-state index contributed by atoms with van der Waals surface area (Å²) in [7, 11) is 1.61. The Balaban J connectivity index is 2.10. The van der Waals surface area contributed by atoms with Gasteiger partial charge in [-0.05, 0) is 43.7 Å². The van der Waals surface area contributed by atoms with Crippen molar-refractivity contribution >= 4 is 17.7 Å². The minimum atomic E-state index is -0.580. The van der Waals surface area contributed by atoms with Gasteiger partial charge < -0.3 is 18.8 Å². The van der Waals surface area contributed by atoms with Crippen LogP contribution in [0.1, 0.15) is 42.2 Å². The Bertz CT molecular complexity index is 953. The van der Waals surface area contributed by atoms with Crippen molar-refractivity contribution in [1.29, 1.82) is 0 Å². The second-order valence-electron chi connectivity index (χ2n) is 6.83. The van der Waals surface area contributed by atoms with Gasteiger partial charge in [-0.1, -0.05) is 6.92 Å². The Morgan fingerprint density at radius 2 is 2.03 bits per heavy atom. The number of aromatic nitrogens is 1. The van der Waals surface area contributed by atoms with Gasteiger partial charge >= 0.3 is 5.97 Å². The number of ether oxygens (including phenoxy) is 3. The summed E-state index contributed by atoms with van der Waals surface area (Å²) in [5.41, 5.74) is 2.56. The number of rotatable bonds is 8. The third-order valence-electron chi connectivity index (χ3n) is 5.11. The van der Waals surface area contributed by atoms with Crippen LogP contribution in [0, 0.1) is 0 Å². The summed E-state index contributed by atoms with van der Waals surface area (Å²) in [6.07, 6.45) is 5.33. The molecule has 7 heteroatoms. The molecular weight excluding hydrogens is 390 g/mol. The molecule has 0 aliphatic carbocycles. The smallest absolute Gasteiger partial charge is 0.343 e. The lowest BCUT2D eigenvalue weighted by molar-refractivity contribution is 0.0523. The topological polar surface area (TPSA) is 66.8 Å². The predicted octanol–water partition coefficient (Wildman–Crippen LogP) is 3.95. The van der Waals surface area contributed by atoms with E-state index >= 15 is 0 Å². The van der Waals surface area contributed by atoms with Gasteiger partial charge in [0, 0.05) is 29.6 Å². The summed E-state index contributed by atoms with van der Waals surface area (Å²) in [6.45, 7) is 4.66. The van der Waals surface area contributed by atoms with Crippen LogP contribution < -0.4 is 14.9 Å². The number of methoxy groups -OCH3 is 1. The van der Waals surface area contributed by atoms with Gasteiger partial charge in [-0.25, -0.2) is 4.79 Å². The van der Waals surface area contributed by atoms with Crippen molar-refractivity contribution in [2.45, 2.75) is 32.7 Å². The third-order valence-corrected chi connectivity index (χ3v) is 5.68. The Morgan fingerprint density at radius 3 is 2.69 bits per heavy atom. The maximum Gasteiger partial charge on any atom is 0.343 e. The molecule has 0 saturated carbocycles. The molecule has 0 amide bonds. The minimum Gasteiger partial charge on any atom is -0.493 e. The highest BCUT2D eigenvalue weighted by Gasteiger charge is 2.27. The summed E-state index contributed by atoms with van der Waals surface area (Å²) in [5.74, 6) is 1.66. The molecule has 1 aliphatic rings. The molecule has 0 N–H and O–H groups in total. The first-order chi connectivity index (χ1) is 14.0. The first-order valence-electron chi connectivity index (χ1n) is 9.80. The molecule has 1 aromatic heterocycles. The number of esters is 1. The maximum atomic E-state index is 12.6. The number of nitrogens with zero attached hydrogens (tertiary/aromatic N) is 1. The zero-order chi connectivity index (χ0) is 21.0. The highest BCUT2D eigenvalue weighted by Crippen LogP contribution is 2.41. The Morgan fingerprint density at radius 1 is 1.24 bits per heavy atom. The molecule has 3 rings (SSSR count). The van der Waals surface area contributed by atoms with E-state index in [4.69, 9.17) is 14.2 Å². The van der Waals surface area contributed by atoms with E-state index in [0.717, 1.165) is 35.4 Å². The van der Waals surface area contributed by atoms with Gasteiger partial charge in [0.05, 0.1) is 26.0 Å². The van der Waals surface area contributed by atoms with Crippen molar-refractivity contribution in [3.63, 3.8) is 0 Å². The molecule has 0 bridgehead atoms. The molecule has 156 valence electrons. The molecule has 1 aromatic carbocycles. The SMILES string of the molecule is CCOC(=O)c1cn2c(cc1=O)-c1cc(OC)c(OCCSC)cc1CC2CC. The molecule has 1 aliphatic heterocycles. The van der Waals surface area contributed by atoms with Gasteiger partial charge in [0.25, 0.3) is 0 Å². The van der Waals surface area contributed by atoms with Crippen molar-refractivity contribution < 1.29 is 19.0 Å². The first kappa shape index (κ1) is 21.3. The van der Waals surface area contributed by atoms with Gasteiger partial charge in [-0.2, -0.15) is 11.8 Å². The van der Waals surface area contributed by atoms with E-state index < -0.39 is 5.97 Å². The van der Waals surface area contributed by atoms with Crippen LogP contribution in [0.3, 0.4) is 0 Å². The van der Waals surface area contributed by atoms with Gasteiger partial charge in [-0.15, -0.1) is 0 Å². The van der Waals surface area contributed by atoms with Crippen LogP contribution >= 0.6 is 11.8 Å². The van der Waals surface area contributed by atoms with Crippen LogP contribution in [0.25, 0.3) is 11.3 Å². The van der Waals surface area contributed by atoms with Crippen molar-refractivity contribution in [2.24, 2.45) is 0 Å². The lowest BCUT2D eigenvalue weighted by Gasteiger charge is -2.31. The predicted molar refractivity (Wildman–Crippen MR) is 116 cm³/mol. The van der Waals surface area contributed by atoms with Crippen LogP contribution in [0.15, 0.2) is 29.2 Å². The largest absolute Gasteiger partial charge is 0.493 e. The van der Waals surface area contributed by atoms with E-state index in [1.165, 1.54) is 6.07 Å². The summed E-state index contributed by atoms with van der Waals surface area (Å²) in [4.78, 5) is 24.8. The number of carbonyl (C=O) groups is 1. The molecule has 0 fully saturated rings. The number of benzene rings is 1. The summed E-state index contributed by atoms with van der Waals surface area (Å²) in [5, 5.41) is 0. The fourth-order valence-electron chi connectivity index (χ4n) is 3.64. The molecule has 0 radical (unpaired) electrons. The highest BCUT2D eigenvalue weighted by molar-refractivity contribution is 7.98. The monoisotopic (exact) mass is 417 g/mol. The zero-order valence-electron chi connectivity index (χ0n) is 17.3. The Hall–Kier alpha value is -2.41. The molecule has 1 unspecified atom stereocenters.